The smallest absolute Gasteiger partial charge is 0.187 e. The van der Waals surface area contributed by atoms with Crippen molar-refractivity contribution in [2.75, 3.05) is 69.6 Å². The van der Waals surface area contributed by atoms with Crippen molar-refractivity contribution < 1.29 is 61.9 Å². The highest BCUT2D eigenvalue weighted by atomic mass is 16.8. The van der Waals surface area contributed by atoms with Crippen LogP contribution in [0, 0.1) is 0 Å². The average Bonchev–Trinajstić information content (AvgIpc) is 2.89. The van der Waals surface area contributed by atoms with Gasteiger partial charge in [-0.3, -0.25) is 0 Å². The molecule has 3 rings (SSSR count). The molecular formula is C22H40O13. The molecule has 0 radical (unpaired) electrons. The normalized spacial score (nSPS) is 44.9. The minimum absolute atomic E-state index is 0.0813. The van der Waals surface area contributed by atoms with Crippen molar-refractivity contribution >= 4 is 0 Å². The summed E-state index contributed by atoms with van der Waals surface area (Å²) in [7, 11) is 10.8. The maximum atomic E-state index is 10.1. The third kappa shape index (κ3) is 6.32. The highest BCUT2D eigenvalue weighted by molar-refractivity contribution is 4.92. The molecule has 12 atom stereocenters. The number of methoxy groups -OCH3 is 7. The van der Waals surface area contributed by atoms with Gasteiger partial charge in [-0.25, -0.2) is 0 Å². The van der Waals surface area contributed by atoms with Crippen LogP contribution in [0.5, 0.6) is 0 Å². The predicted octanol–water partition coefficient (Wildman–Crippen LogP) is -1.08. The molecule has 0 aromatic rings. The number of hydrogen-bond acceptors (Lipinski definition) is 13. The molecule has 1 N–H and O–H groups in total. The zero-order valence-electron chi connectivity index (χ0n) is 21.4. The first-order chi connectivity index (χ1) is 17.0. The van der Waals surface area contributed by atoms with E-state index in [1.165, 1.54) is 21.3 Å². The zero-order valence-corrected chi connectivity index (χ0v) is 21.4. The van der Waals surface area contributed by atoms with Crippen molar-refractivity contribution in [1.82, 2.24) is 0 Å². The third-order valence-electron chi connectivity index (χ3n) is 6.72. The summed E-state index contributed by atoms with van der Waals surface area (Å²) in [6.07, 6.45) is -7.57. The minimum atomic E-state index is -1.13. The third-order valence-corrected chi connectivity index (χ3v) is 6.72. The Morgan fingerprint density at radius 3 is 1.26 bits per heavy atom. The predicted molar refractivity (Wildman–Crippen MR) is 117 cm³/mol. The molecule has 0 bridgehead atoms. The van der Waals surface area contributed by atoms with Crippen LogP contribution in [-0.4, -0.2) is 149 Å². The second-order valence-electron chi connectivity index (χ2n) is 8.45. The van der Waals surface area contributed by atoms with Crippen LogP contribution in [0.15, 0.2) is 0 Å². The highest BCUT2D eigenvalue weighted by Crippen LogP contribution is 2.31. The summed E-state index contributed by atoms with van der Waals surface area (Å²) in [4.78, 5) is 0. The van der Waals surface area contributed by atoms with Crippen LogP contribution >= 0.6 is 0 Å². The van der Waals surface area contributed by atoms with Crippen molar-refractivity contribution in [3.63, 3.8) is 0 Å². The summed E-state index contributed by atoms with van der Waals surface area (Å²) in [6, 6.07) is 0. The SMILES string of the molecule is CO[C@@H]1[C@@H](OC)[C@H](O[C@@H]2OC[C@@H](O[C@@H]3OC[C@@H](OC)[C@H](OC)[C@H]3OC)[C@H](OC)[C@H]2OC)CO[C@H]1O. The Kier molecular flexibility index (Phi) is 11.5. The van der Waals surface area contributed by atoms with Gasteiger partial charge >= 0.3 is 0 Å². The fraction of sp³-hybridized carbons (Fsp3) is 1.00. The van der Waals surface area contributed by atoms with Crippen LogP contribution in [0.25, 0.3) is 0 Å². The highest BCUT2D eigenvalue weighted by Gasteiger charge is 2.50. The van der Waals surface area contributed by atoms with Crippen molar-refractivity contribution in [3.05, 3.63) is 0 Å². The Morgan fingerprint density at radius 1 is 0.457 bits per heavy atom. The summed E-state index contributed by atoms with van der Waals surface area (Å²) in [6.45, 7) is 0.487. The Morgan fingerprint density at radius 2 is 0.829 bits per heavy atom. The number of hydrogen-bond donors (Lipinski definition) is 1. The van der Waals surface area contributed by atoms with E-state index in [9.17, 15) is 5.11 Å². The topological polar surface area (TPSA) is 131 Å². The number of ether oxygens (including phenoxy) is 12. The molecule has 206 valence electrons. The van der Waals surface area contributed by atoms with Gasteiger partial charge in [-0.1, -0.05) is 0 Å². The van der Waals surface area contributed by atoms with Gasteiger partial charge in [0.25, 0.3) is 0 Å². The molecule has 0 aromatic heterocycles. The van der Waals surface area contributed by atoms with Gasteiger partial charge in [0.1, 0.15) is 54.9 Å². The summed E-state index contributed by atoms with van der Waals surface area (Å²) in [5, 5.41) is 10.1. The van der Waals surface area contributed by atoms with E-state index in [4.69, 9.17) is 56.8 Å². The Bertz CT molecular complexity index is 612. The zero-order chi connectivity index (χ0) is 25.5. The van der Waals surface area contributed by atoms with Crippen LogP contribution < -0.4 is 0 Å². The first-order valence-corrected chi connectivity index (χ1v) is 11.5. The lowest BCUT2D eigenvalue weighted by Gasteiger charge is -2.46. The summed E-state index contributed by atoms with van der Waals surface area (Å²) < 4.78 is 68.7. The molecular weight excluding hydrogens is 472 g/mol. The Labute approximate surface area is 206 Å². The van der Waals surface area contributed by atoms with E-state index < -0.39 is 61.6 Å². The second-order valence-corrected chi connectivity index (χ2v) is 8.45. The van der Waals surface area contributed by atoms with Gasteiger partial charge in [-0.05, 0) is 0 Å². The first kappa shape index (κ1) is 29.0. The second kappa shape index (κ2) is 13.9. The van der Waals surface area contributed by atoms with E-state index >= 15 is 0 Å². The molecule has 0 spiro atoms. The van der Waals surface area contributed by atoms with Crippen LogP contribution in [0.2, 0.25) is 0 Å². The molecule has 13 heteroatoms. The number of aliphatic hydroxyl groups excluding tert-OH is 1. The monoisotopic (exact) mass is 512 g/mol. The van der Waals surface area contributed by atoms with Crippen molar-refractivity contribution in [3.8, 4) is 0 Å². The van der Waals surface area contributed by atoms with Crippen LogP contribution in [0.4, 0.5) is 0 Å². The van der Waals surface area contributed by atoms with Gasteiger partial charge in [0.05, 0.1) is 19.8 Å². The minimum Gasteiger partial charge on any atom is -0.376 e. The lowest BCUT2D eigenvalue weighted by molar-refractivity contribution is -0.354. The first-order valence-electron chi connectivity index (χ1n) is 11.5. The Hall–Kier alpha value is -0.520. The van der Waals surface area contributed by atoms with E-state index in [0.717, 1.165) is 0 Å². The molecule has 0 aliphatic carbocycles. The fourth-order valence-electron chi connectivity index (χ4n) is 4.86. The number of rotatable bonds is 11. The van der Waals surface area contributed by atoms with E-state index in [0.29, 0.717) is 0 Å². The van der Waals surface area contributed by atoms with Crippen LogP contribution in [-0.2, 0) is 56.8 Å². The summed E-state index contributed by atoms with van der Waals surface area (Å²) in [5.74, 6) is 0. The molecule has 0 saturated carbocycles. The van der Waals surface area contributed by atoms with Crippen molar-refractivity contribution in [1.29, 1.82) is 0 Å². The molecule has 3 saturated heterocycles. The average molecular weight is 513 g/mol. The number of aliphatic hydroxyl groups is 1. The van der Waals surface area contributed by atoms with E-state index in [1.807, 2.05) is 0 Å². The van der Waals surface area contributed by atoms with Crippen LogP contribution in [0.3, 0.4) is 0 Å². The van der Waals surface area contributed by atoms with Gasteiger partial charge in [0.15, 0.2) is 18.9 Å². The van der Waals surface area contributed by atoms with E-state index in [2.05, 4.69) is 0 Å². The van der Waals surface area contributed by atoms with Gasteiger partial charge in [0, 0.05) is 49.8 Å². The largest absolute Gasteiger partial charge is 0.376 e. The maximum absolute atomic E-state index is 10.1. The van der Waals surface area contributed by atoms with E-state index in [-0.39, 0.29) is 32.0 Å². The molecule has 3 fully saturated rings. The van der Waals surface area contributed by atoms with Crippen LogP contribution in [0.1, 0.15) is 0 Å². The standard InChI is InChI=1S/C22H40O13/c1-24-11-8-32-21(18(29-6)14(11)25-2)35-13-10-33-22(19(30-7)16(13)27-4)34-12-9-31-20(23)17(28-5)15(12)26-3/h11-23H,8-10H2,1-7H3/t11-,12-,13-,14+,15+,16+,17-,18-,19-,20-,21+,22+/m1/s1. The Balaban J connectivity index is 1.68. The van der Waals surface area contributed by atoms with Crippen molar-refractivity contribution in [2.24, 2.45) is 0 Å². The summed E-state index contributed by atoms with van der Waals surface area (Å²) >= 11 is 0. The fourth-order valence-corrected chi connectivity index (χ4v) is 4.86. The maximum Gasteiger partial charge on any atom is 0.187 e. The molecule has 3 aliphatic rings. The lowest BCUT2D eigenvalue weighted by atomic mass is 10.0. The van der Waals surface area contributed by atoms with Gasteiger partial charge in [-0.2, -0.15) is 0 Å². The van der Waals surface area contributed by atoms with Gasteiger partial charge in [0.2, 0.25) is 0 Å². The van der Waals surface area contributed by atoms with Gasteiger partial charge in [-0.15, -0.1) is 0 Å². The lowest BCUT2D eigenvalue weighted by Crippen LogP contribution is -2.63. The molecule has 0 unspecified atom stereocenters. The molecule has 3 heterocycles. The molecule has 13 nitrogen and oxygen atoms in total. The van der Waals surface area contributed by atoms with Crippen molar-refractivity contribution in [2.45, 2.75) is 73.8 Å². The molecule has 3 aliphatic heterocycles. The molecule has 35 heavy (non-hydrogen) atoms. The van der Waals surface area contributed by atoms with Gasteiger partial charge < -0.3 is 61.9 Å². The molecule has 0 amide bonds. The molecule has 0 aromatic carbocycles. The summed E-state index contributed by atoms with van der Waals surface area (Å²) in [5.41, 5.74) is 0. The van der Waals surface area contributed by atoms with E-state index in [1.54, 1.807) is 28.4 Å². The quantitative estimate of drug-likeness (QED) is 0.361.